The van der Waals surface area contributed by atoms with E-state index in [-0.39, 0.29) is 18.8 Å². The molecule has 0 aliphatic carbocycles. The lowest BCUT2D eigenvalue weighted by Crippen LogP contribution is -2.40. The van der Waals surface area contributed by atoms with E-state index < -0.39 is 29.5 Å². The van der Waals surface area contributed by atoms with Gasteiger partial charge in [0.05, 0.1) is 11.5 Å². The molecule has 114 valence electrons. The summed E-state index contributed by atoms with van der Waals surface area (Å²) in [6.07, 6.45) is -3.20. The maximum Gasteiger partial charge on any atom is 0.417 e. The molecule has 1 N–H and O–H groups in total. The molecule has 21 heavy (non-hydrogen) atoms. The molecule has 2 heterocycles. The molecular weight excluding hydrogens is 289 g/mol. The first-order valence-corrected chi connectivity index (χ1v) is 6.34. The zero-order valence-corrected chi connectivity index (χ0v) is 10.9. The Balaban J connectivity index is 2.03. The Hall–Kier alpha value is -2.12. The van der Waals surface area contributed by atoms with Gasteiger partial charge in [-0.1, -0.05) is 0 Å². The van der Waals surface area contributed by atoms with Crippen molar-refractivity contribution < 1.29 is 27.9 Å². The normalized spacial score (nSPS) is 16.8. The lowest BCUT2D eigenvalue weighted by Gasteiger charge is -2.29. The fourth-order valence-corrected chi connectivity index (χ4v) is 2.18. The van der Waals surface area contributed by atoms with E-state index in [1.807, 2.05) is 0 Å². The number of likely N-dealkylation sites (tertiary alicyclic amines) is 1. The number of nitrogens with zero attached hydrogens (tertiary/aromatic N) is 2. The predicted molar refractivity (Wildman–Crippen MR) is 65.5 cm³/mol. The van der Waals surface area contributed by atoms with Crippen LogP contribution in [0.25, 0.3) is 0 Å². The largest absolute Gasteiger partial charge is 0.481 e. The van der Waals surface area contributed by atoms with Crippen molar-refractivity contribution in [1.29, 1.82) is 0 Å². The maximum absolute atomic E-state index is 12.4. The number of amides is 1. The van der Waals surface area contributed by atoms with E-state index in [1.54, 1.807) is 0 Å². The molecule has 0 spiro atoms. The number of rotatable bonds is 2. The molecular formula is C13H13F3N2O3. The van der Waals surface area contributed by atoms with Crippen LogP contribution in [-0.4, -0.2) is 40.0 Å². The van der Waals surface area contributed by atoms with E-state index >= 15 is 0 Å². The first kappa shape index (κ1) is 15.3. The molecule has 8 heteroatoms. The highest BCUT2D eigenvalue weighted by molar-refractivity contribution is 5.92. The van der Waals surface area contributed by atoms with E-state index in [0.29, 0.717) is 19.0 Å². The van der Waals surface area contributed by atoms with Gasteiger partial charge < -0.3 is 10.0 Å². The topological polar surface area (TPSA) is 70.5 Å². The summed E-state index contributed by atoms with van der Waals surface area (Å²) in [5.41, 5.74) is -0.986. The minimum absolute atomic E-state index is 0.0724. The number of hydrogen-bond donors (Lipinski definition) is 1. The van der Waals surface area contributed by atoms with Crippen molar-refractivity contribution in [3.05, 3.63) is 29.6 Å². The van der Waals surface area contributed by atoms with Crippen molar-refractivity contribution in [2.75, 3.05) is 13.1 Å². The molecule has 1 aromatic rings. The van der Waals surface area contributed by atoms with E-state index in [0.717, 1.165) is 12.1 Å². The first-order valence-electron chi connectivity index (χ1n) is 6.34. The molecule has 0 aromatic carbocycles. The first-order chi connectivity index (χ1) is 9.79. The molecule has 0 unspecified atom stereocenters. The summed E-state index contributed by atoms with van der Waals surface area (Å²) in [6, 6.07) is 1.85. The van der Waals surface area contributed by atoms with Crippen molar-refractivity contribution >= 4 is 11.9 Å². The number of hydrogen-bond acceptors (Lipinski definition) is 3. The van der Waals surface area contributed by atoms with Gasteiger partial charge in [-0.2, -0.15) is 13.2 Å². The smallest absolute Gasteiger partial charge is 0.417 e. The van der Waals surface area contributed by atoms with Crippen LogP contribution >= 0.6 is 0 Å². The third-order valence-corrected chi connectivity index (χ3v) is 3.44. The molecule has 1 aromatic heterocycles. The number of carboxylic acid groups (broad SMARTS) is 1. The molecule has 1 saturated heterocycles. The summed E-state index contributed by atoms with van der Waals surface area (Å²) in [4.78, 5) is 27.8. The van der Waals surface area contributed by atoms with Crippen LogP contribution in [0.1, 0.15) is 28.9 Å². The van der Waals surface area contributed by atoms with Gasteiger partial charge in [-0.3, -0.25) is 14.6 Å². The maximum atomic E-state index is 12.4. The third kappa shape index (κ3) is 3.50. The van der Waals surface area contributed by atoms with Crippen molar-refractivity contribution in [3.63, 3.8) is 0 Å². The molecule has 0 radical (unpaired) electrons. The van der Waals surface area contributed by atoms with Gasteiger partial charge in [0.1, 0.15) is 5.69 Å². The fourth-order valence-electron chi connectivity index (χ4n) is 2.18. The van der Waals surface area contributed by atoms with Gasteiger partial charge in [-0.05, 0) is 25.0 Å². The number of aliphatic carboxylic acids is 1. The summed E-state index contributed by atoms with van der Waals surface area (Å²) in [5, 5.41) is 8.86. The fraction of sp³-hybridized carbons (Fsp3) is 0.462. The molecule has 1 aliphatic rings. The average Bonchev–Trinajstić information content (AvgIpc) is 2.46. The van der Waals surface area contributed by atoms with E-state index in [1.165, 1.54) is 4.90 Å². The third-order valence-electron chi connectivity index (χ3n) is 3.44. The number of pyridine rings is 1. The van der Waals surface area contributed by atoms with E-state index in [4.69, 9.17) is 5.11 Å². The van der Waals surface area contributed by atoms with E-state index in [9.17, 15) is 22.8 Å². The highest BCUT2D eigenvalue weighted by atomic mass is 19.4. The lowest BCUT2D eigenvalue weighted by molar-refractivity contribution is -0.143. The summed E-state index contributed by atoms with van der Waals surface area (Å²) in [5.74, 6) is -1.85. The van der Waals surface area contributed by atoms with Crippen LogP contribution in [0.5, 0.6) is 0 Å². The van der Waals surface area contributed by atoms with Gasteiger partial charge in [0.15, 0.2) is 0 Å². The Kier molecular flexibility index (Phi) is 4.15. The number of piperidine rings is 1. The number of aromatic nitrogens is 1. The van der Waals surface area contributed by atoms with Crippen LogP contribution in [0.3, 0.4) is 0 Å². The van der Waals surface area contributed by atoms with Crippen molar-refractivity contribution in [2.24, 2.45) is 5.92 Å². The van der Waals surface area contributed by atoms with Crippen molar-refractivity contribution in [1.82, 2.24) is 9.88 Å². The van der Waals surface area contributed by atoms with E-state index in [2.05, 4.69) is 4.98 Å². The second kappa shape index (κ2) is 5.71. The van der Waals surface area contributed by atoms with Gasteiger partial charge in [0.25, 0.3) is 5.91 Å². The number of alkyl halides is 3. The Morgan fingerprint density at radius 1 is 1.24 bits per heavy atom. The molecule has 5 nitrogen and oxygen atoms in total. The minimum atomic E-state index is -4.49. The quantitative estimate of drug-likeness (QED) is 0.907. The van der Waals surface area contributed by atoms with Gasteiger partial charge in [-0.25, -0.2) is 0 Å². The van der Waals surface area contributed by atoms with Crippen LogP contribution in [-0.2, 0) is 11.0 Å². The zero-order chi connectivity index (χ0) is 15.6. The van der Waals surface area contributed by atoms with Gasteiger partial charge in [0.2, 0.25) is 0 Å². The van der Waals surface area contributed by atoms with Crippen LogP contribution in [0.2, 0.25) is 0 Å². The molecule has 1 amide bonds. The number of carbonyl (C=O) groups excluding carboxylic acids is 1. The Morgan fingerprint density at radius 3 is 2.29 bits per heavy atom. The summed E-state index contributed by atoms with van der Waals surface area (Å²) in [7, 11) is 0. The van der Waals surface area contributed by atoms with Crippen molar-refractivity contribution in [2.45, 2.75) is 19.0 Å². The molecule has 0 atom stereocenters. The second-order valence-electron chi connectivity index (χ2n) is 4.83. The van der Waals surface area contributed by atoms with Crippen LogP contribution < -0.4 is 0 Å². The van der Waals surface area contributed by atoms with Crippen LogP contribution in [0, 0.1) is 5.92 Å². The summed E-state index contributed by atoms with van der Waals surface area (Å²) in [6.45, 7) is 0.525. The molecule has 2 rings (SSSR count). The summed E-state index contributed by atoms with van der Waals surface area (Å²) >= 11 is 0. The Morgan fingerprint density at radius 2 is 1.86 bits per heavy atom. The average molecular weight is 302 g/mol. The molecule has 1 fully saturated rings. The van der Waals surface area contributed by atoms with Gasteiger partial charge in [-0.15, -0.1) is 0 Å². The standard InChI is InChI=1S/C13H13F3N2O3/c14-13(15,16)9-1-2-10(17-7-9)11(19)18-5-3-8(4-6-18)12(20)21/h1-2,7-8H,3-6H2,(H,20,21). The Bertz CT molecular complexity index is 535. The highest BCUT2D eigenvalue weighted by Crippen LogP contribution is 2.28. The molecule has 0 bridgehead atoms. The minimum Gasteiger partial charge on any atom is -0.481 e. The van der Waals surface area contributed by atoms with Crippen LogP contribution in [0.4, 0.5) is 13.2 Å². The number of halogens is 3. The Labute approximate surface area is 118 Å². The zero-order valence-electron chi connectivity index (χ0n) is 10.9. The summed E-state index contributed by atoms with van der Waals surface area (Å²) < 4.78 is 37.2. The number of carboxylic acids is 1. The molecule has 1 aliphatic heterocycles. The second-order valence-corrected chi connectivity index (χ2v) is 4.83. The molecule has 0 saturated carbocycles. The monoisotopic (exact) mass is 302 g/mol. The van der Waals surface area contributed by atoms with Gasteiger partial charge in [0, 0.05) is 19.3 Å². The predicted octanol–water partition coefficient (Wildman–Crippen LogP) is 2.04. The SMILES string of the molecule is O=C(O)C1CCN(C(=O)c2ccc(C(F)(F)F)cn2)CC1. The number of carbonyl (C=O) groups is 2. The highest BCUT2D eigenvalue weighted by Gasteiger charge is 2.32. The van der Waals surface area contributed by atoms with Gasteiger partial charge >= 0.3 is 12.1 Å². The van der Waals surface area contributed by atoms with Crippen LogP contribution in [0.15, 0.2) is 18.3 Å². The van der Waals surface area contributed by atoms with Crippen molar-refractivity contribution in [3.8, 4) is 0 Å². The lowest BCUT2D eigenvalue weighted by atomic mass is 9.97.